The molecule has 0 bridgehead atoms. The van der Waals surface area contributed by atoms with E-state index in [2.05, 4.69) is 10.4 Å². The first kappa shape index (κ1) is 19.9. The van der Waals surface area contributed by atoms with Gasteiger partial charge in [0.2, 0.25) is 5.91 Å². The van der Waals surface area contributed by atoms with Crippen LogP contribution in [0.3, 0.4) is 0 Å². The van der Waals surface area contributed by atoms with Gasteiger partial charge in [0.1, 0.15) is 5.75 Å². The second-order valence-electron chi connectivity index (χ2n) is 6.39. The van der Waals surface area contributed by atoms with Crippen molar-refractivity contribution in [1.29, 1.82) is 0 Å². The molecule has 0 fully saturated rings. The molecule has 0 saturated carbocycles. The Morgan fingerprint density at radius 1 is 1.21 bits per heavy atom. The summed E-state index contributed by atoms with van der Waals surface area (Å²) >= 11 is 6.33. The van der Waals surface area contributed by atoms with Crippen molar-refractivity contribution in [2.24, 2.45) is 5.10 Å². The maximum Gasteiger partial charge on any atom is 0.262 e. The Morgan fingerprint density at radius 2 is 1.93 bits per heavy atom. The van der Waals surface area contributed by atoms with E-state index in [9.17, 15) is 9.59 Å². The highest BCUT2D eigenvalue weighted by Crippen LogP contribution is 2.34. The van der Waals surface area contributed by atoms with Crippen LogP contribution < -0.4 is 10.1 Å². The minimum Gasteiger partial charge on any atom is -0.497 e. The fourth-order valence-electron chi connectivity index (χ4n) is 3.06. The number of nitrogens with one attached hydrogen (secondary N) is 1. The molecule has 0 saturated heterocycles. The number of hydrogen-bond donors (Lipinski definition) is 1. The molecule has 1 heterocycles. The molecule has 1 N–H and O–H groups in total. The number of methoxy groups -OCH3 is 1. The maximum atomic E-state index is 12.8. The third-order valence-corrected chi connectivity index (χ3v) is 4.94. The van der Waals surface area contributed by atoms with E-state index in [0.717, 1.165) is 22.6 Å². The van der Waals surface area contributed by atoms with Crippen LogP contribution in [0, 0.1) is 0 Å². The number of nitrogens with zero attached hydrogens (tertiary/aromatic N) is 2. The van der Waals surface area contributed by atoms with E-state index in [4.69, 9.17) is 16.3 Å². The molecule has 2 aromatic carbocycles. The summed E-state index contributed by atoms with van der Waals surface area (Å²) in [4.78, 5) is 24.3. The highest BCUT2D eigenvalue weighted by Gasteiger charge is 2.33. The van der Waals surface area contributed by atoms with Gasteiger partial charge in [0.05, 0.1) is 25.4 Å². The van der Waals surface area contributed by atoms with Crippen molar-refractivity contribution in [3.05, 3.63) is 64.7 Å². The summed E-state index contributed by atoms with van der Waals surface area (Å²) in [6.07, 6.45) is 0.854. The molecule has 2 amide bonds. The van der Waals surface area contributed by atoms with Gasteiger partial charge in [-0.1, -0.05) is 48.9 Å². The van der Waals surface area contributed by atoms with E-state index in [1.54, 1.807) is 20.1 Å². The zero-order valence-corrected chi connectivity index (χ0v) is 16.6. The molecule has 0 spiro atoms. The summed E-state index contributed by atoms with van der Waals surface area (Å²) in [6.45, 7) is 1.64. The molecule has 3 rings (SSSR count). The second-order valence-corrected chi connectivity index (χ2v) is 6.80. The van der Waals surface area contributed by atoms with Gasteiger partial charge < -0.3 is 10.1 Å². The number of rotatable bonds is 6. The smallest absolute Gasteiger partial charge is 0.262 e. The summed E-state index contributed by atoms with van der Waals surface area (Å²) in [5, 5.41) is 9.20. The van der Waals surface area contributed by atoms with Crippen LogP contribution in [-0.2, 0) is 9.59 Å². The van der Waals surface area contributed by atoms with Gasteiger partial charge in [-0.3, -0.25) is 9.59 Å². The van der Waals surface area contributed by atoms with Crippen molar-refractivity contribution in [2.45, 2.75) is 25.8 Å². The molecular formula is C21H22ClN3O3. The van der Waals surface area contributed by atoms with Gasteiger partial charge in [0.15, 0.2) is 0 Å². The number of ether oxygens (including phenoxy) is 1. The van der Waals surface area contributed by atoms with Crippen molar-refractivity contribution in [2.75, 3.05) is 13.7 Å². The second kappa shape index (κ2) is 8.89. The molecule has 1 atom stereocenters. The first-order valence-corrected chi connectivity index (χ1v) is 9.46. The van der Waals surface area contributed by atoms with E-state index < -0.39 is 0 Å². The standard InChI is InChI=1S/C21H22ClN3O3/c1-3-20(26)23-13-21(27)25-19(14-8-10-15(28-2)11-9-14)12-18(24-25)16-6-4-5-7-17(16)22/h4-11,19H,3,12-13H2,1-2H3,(H,23,26)/t19-/m1/s1. The van der Waals surface area contributed by atoms with Gasteiger partial charge in [-0.25, -0.2) is 5.01 Å². The quantitative estimate of drug-likeness (QED) is 0.807. The Labute approximate surface area is 169 Å². The van der Waals surface area contributed by atoms with E-state index in [1.165, 1.54) is 5.01 Å². The fourth-order valence-corrected chi connectivity index (χ4v) is 3.31. The molecule has 0 aromatic heterocycles. The number of benzene rings is 2. The van der Waals surface area contributed by atoms with Gasteiger partial charge >= 0.3 is 0 Å². The molecule has 146 valence electrons. The largest absolute Gasteiger partial charge is 0.497 e. The average molecular weight is 400 g/mol. The number of carbonyl (C=O) groups excluding carboxylic acids is 2. The Hall–Kier alpha value is -2.86. The van der Waals surface area contributed by atoms with E-state index in [1.807, 2.05) is 42.5 Å². The minimum atomic E-state index is -0.275. The Morgan fingerprint density at radius 3 is 2.57 bits per heavy atom. The zero-order chi connectivity index (χ0) is 20.1. The van der Waals surface area contributed by atoms with Crippen molar-refractivity contribution >= 4 is 29.1 Å². The lowest BCUT2D eigenvalue weighted by Gasteiger charge is -2.22. The number of hydrazone groups is 1. The van der Waals surface area contributed by atoms with Crippen LogP contribution in [0.4, 0.5) is 0 Å². The van der Waals surface area contributed by atoms with Gasteiger partial charge in [-0.15, -0.1) is 0 Å². The van der Waals surface area contributed by atoms with Crippen molar-refractivity contribution < 1.29 is 14.3 Å². The molecule has 0 radical (unpaired) electrons. The third-order valence-electron chi connectivity index (χ3n) is 4.61. The Balaban J connectivity index is 1.89. The molecule has 0 unspecified atom stereocenters. The molecule has 2 aromatic rings. The lowest BCUT2D eigenvalue weighted by atomic mass is 9.98. The van der Waals surface area contributed by atoms with Crippen LogP contribution >= 0.6 is 11.6 Å². The van der Waals surface area contributed by atoms with E-state index in [-0.39, 0.29) is 24.4 Å². The molecule has 6 nitrogen and oxygen atoms in total. The van der Waals surface area contributed by atoms with Crippen LogP contribution in [0.15, 0.2) is 53.6 Å². The number of hydrogen-bond acceptors (Lipinski definition) is 4. The highest BCUT2D eigenvalue weighted by atomic mass is 35.5. The van der Waals surface area contributed by atoms with Gasteiger partial charge in [-0.05, 0) is 23.8 Å². The normalized spacial score (nSPS) is 15.9. The molecular weight excluding hydrogens is 378 g/mol. The van der Waals surface area contributed by atoms with Gasteiger partial charge in [-0.2, -0.15) is 5.10 Å². The topological polar surface area (TPSA) is 71.0 Å². The fraction of sp³-hybridized carbons (Fsp3) is 0.286. The lowest BCUT2D eigenvalue weighted by molar-refractivity contribution is -0.134. The van der Waals surface area contributed by atoms with Crippen LogP contribution in [-0.4, -0.2) is 36.2 Å². The van der Waals surface area contributed by atoms with Crippen LogP contribution in [0.2, 0.25) is 5.02 Å². The third kappa shape index (κ3) is 4.34. The van der Waals surface area contributed by atoms with Gasteiger partial charge in [0, 0.05) is 23.4 Å². The number of halogens is 1. The maximum absolute atomic E-state index is 12.8. The summed E-state index contributed by atoms with van der Waals surface area (Å²) in [5.74, 6) is 0.288. The monoisotopic (exact) mass is 399 g/mol. The Kier molecular flexibility index (Phi) is 6.31. The molecule has 1 aliphatic rings. The SMILES string of the molecule is CCC(=O)NCC(=O)N1N=C(c2ccccc2Cl)C[C@@H]1c1ccc(OC)cc1. The predicted octanol–water partition coefficient (Wildman–Crippen LogP) is 3.55. The predicted molar refractivity (Wildman–Crippen MR) is 108 cm³/mol. The number of carbonyl (C=O) groups is 2. The zero-order valence-electron chi connectivity index (χ0n) is 15.8. The highest BCUT2D eigenvalue weighted by molar-refractivity contribution is 6.34. The van der Waals surface area contributed by atoms with Gasteiger partial charge in [0.25, 0.3) is 5.91 Å². The molecule has 1 aliphatic heterocycles. The first-order valence-electron chi connectivity index (χ1n) is 9.08. The van der Waals surface area contributed by atoms with Crippen LogP contribution in [0.25, 0.3) is 0 Å². The minimum absolute atomic E-state index is 0.0986. The lowest BCUT2D eigenvalue weighted by Crippen LogP contribution is -2.37. The van der Waals surface area contributed by atoms with Crippen molar-refractivity contribution in [3.63, 3.8) is 0 Å². The average Bonchev–Trinajstić information content (AvgIpc) is 3.17. The van der Waals surface area contributed by atoms with E-state index >= 15 is 0 Å². The van der Waals surface area contributed by atoms with Crippen molar-refractivity contribution in [1.82, 2.24) is 10.3 Å². The molecule has 7 heteroatoms. The van der Waals surface area contributed by atoms with Crippen molar-refractivity contribution in [3.8, 4) is 5.75 Å². The van der Waals surface area contributed by atoms with Crippen LogP contribution in [0.1, 0.15) is 36.9 Å². The number of amides is 2. The van der Waals surface area contributed by atoms with Crippen LogP contribution in [0.5, 0.6) is 5.75 Å². The first-order chi connectivity index (χ1) is 13.5. The summed E-state index contributed by atoms with van der Waals surface area (Å²) in [5.41, 5.74) is 2.47. The Bertz CT molecular complexity index is 896. The van der Waals surface area contributed by atoms with E-state index in [0.29, 0.717) is 17.9 Å². The summed E-state index contributed by atoms with van der Waals surface area (Å²) < 4.78 is 5.22. The summed E-state index contributed by atoms with van der Waals surface area (Å²) in [7, 11) is 1.61. The molecule has 0 aliphatic carbocycles. The molecule has 28 heavy (non-hydrogen) atoms. The summed E-state index contributed by atoms with van der Waals surface area (Å²) in [6, 6.07) is 14.7.